The van der Waals surface area contributed by atoms with Gasteiger partial charge in [0.15, 0.2) is 0 Å². The lowest BCUT2D eigenvalue weighted by molar-refractivity contribution is 1.41. The number of nitrogens with one attached hydrogen (secondary N) is 1. The normalized spacial score (nSPS) is 9.43. The molecule has 0 aliphatic carbocycles. The van der Waals surface area contributed by atoms with E-state index in [0.29, 0.717) is 0 Å². The standard InChI is InChI=1S/C4H3BrClN/c5-3-1-7-2-4(3)6/h1-2,7H. The quantitative estimate of drug-likeness (QED) is 0.631. The number of H-pyrrole nitrogens is 1. The second-order valence-corrected chi connectivity index (χ2v) is 2.41. The van der Waals surface area contributed by atoms with Crippen molar-refractivity contribution in [3.63, 3.8) is 0 Å². The molecule has 0 atom stereocenters. The van der Waals surface area contributed by atoms with Gasteiger partial charge in [-0.25, -0.2) is 0 Å². The predicted molar refractivity (Wildman–Crippen MR) is 33.5 cm³/mol. The molecule has 0 bridgehead atoms. The third-order valence-electron chi connectivity index (χ3n) is 0.648. The molecule has 38 valence electrons. The summed E-state index contributed by atoms with van der Waals surface area (Å²) < 4.78 is 0.911. The molecule has 3 heteroatoms. The van der Waals surface area contributed by atoms with Gasteiger partial charge in [0.05, 0.1) is 9.50 Å². The average Bonchev–Trinajstić information content (AvgIpc) is 1.91. The summed E-state index contributed by atoms with van der Waals surface area (Å²) in [6.07, 6.45) is 3.49. The second kappa shape index (κ2) is 1.88. The van der Waals surface area contributed by atoms with E-state index in [1.165, 1.54) is 0 Å². The van der Waals surface area contributed by atoms with E-state index in [0.717, 1.165) is 9.50 Å². The van der Waals surface area contributed by atoms with Gasteiger partial charge in [0.1, 0.15) is 0 Å². The van der Waals surface area contributed by atoms with Crippen LogP contribution in [0.4, 0.5) is 0 Å². The third-order valence-corrected chi connectivity index (χ3v) is 1.85. The van der Waals surface area contributed by atoms with Gasteiger partial charge in [0.25, 0.3) is 0 Å². The molecule has 0 saturated heterocycles. The molecular formula is C4H3BrClN. The number of aromatic amines is 1. The van der Waals surface area contributed by atoms with Crippen LogP contribution >= 0.6 is 27.5 Å². The summed E-state index contributed by atoms with van der Waals surface area (Å²) in [6, 6.07) is 0. The van der Waals surface area contributed by atoms with Crippen LogP contribution in [0.15, 0.2) is 16.9 Å². The van der Waals surface area contributed by atoms with Gasteiger partial charge in [-0.2, -0.15) is 0 Å². The minimum Gasteiger partial charge on any atom is -0.365 e. The number of halogens is 2. The molecule has 0 unspecified atom stereocenters. The van der Waals surface area contributed by atoms with Crippen LogP contribution in [0.2, 0.25) is 5.02 Å². The van der Waals surface area contributed by atoms with E-state index >= 15 is 0 Å². The van der Waals surface area contributed by atoms with Gasteiger partial charge in [-0.3, -0.25) is 0 Å². The van der Waals surface area contributed by atoms with Crippen molar-refractivity contribution in [1.82, 2.24) is 4.98 Å². The molecule has 0 aliphatic rings. The molecule has 0 amide bonds. The molecule has 1 nitrogen and oxygen atoms in total. The zero-order valence-corrected chi connectivity index (χ0v) is 5.75. The SMILES string of the molecule is Clc1c[nH]cc1Br. The van der Waals surface area contributed by atoms with Crippen molar-refractivity contribution >= 4 is 27.5 Å². The van der Waals surface area contributed by atoms with E-state index in [2.05, 4.69) is 20.9 Å². The first-order valence-corrected chi connectivity index (χ1v) is 2.95. The lowest BCUT2D eigenvalue weighted by Gasteiger charge is -1.73. The minimum atomic E-state index is 0.722. The Hall–Kier alpha value is 0.0500. The Morgan fingerprint density at radius 1 is 1.57 bits per heavy atom. The topological polar surface area (TPSA) is 15.8 Å². The maximum Gasteiger partial charge on any atom is 0.0722 e. The summed E-state index contributed by atoms with van der Waals surface area (Å²) in [5.74, 6) is 0. The van der Waals surface area contributed by atoms with Gasteiger partial charge in [0.2, 0.25) is 0 Å². The molecule has 1 aromatic rings. The number of hydrogen-bond acceptors (Lipinski definition) is 0. The highest BCUT2D eigenvalue weighted by Gasteiger charge is 1.91. The highest BCUT2D eigenvalue weighted by atomic mass is 79.9. The van der Waals surface area contributed by atoms with Crippen LogP contribution in [0.1, 0.15) is 0 Å². The van der Waals surface area contributed by atoms with Gasteiger partial charge >= 0.3 is 0 Å². The van der Waals surface area contributed by atoms with E-state index in [1.54, 1.807) is 12.4 Å². The van der Waals surface area contributed by atoms with Crippen molar-refractivity contribution in [2.45, 2.75) is 0 Å². The van der Waals surface area contributed by atoms with Gasteiger partial charge in [0, 0.05) is 12.4 Å². The monoisotopic (exact) mass is 179 g/mol. The molecule has 0 aliphatic heterocycles. The fraction of sp³-hybridized carbons (Fsp3) is 0. The van der Waals surface area contributed by atoms with E-state index in [4.69, 9.17) is 11.6 Å². The molecule has 1 heterocycles. The Kier molecular flexibility index (Phi) is 1.40. The van der Waals surface area contributed by atoms with Gasteiger partial charge in [-0.1, -0.05) is 11.6 Å². The van der Waals surface area contributed by atoms with E-state index in [1.807, 2.05) is 0 Å². The van der Waals surface area contributed by atoms with E-state index in [9.17, 15) is 0 Å². The van der Waals surface area contributed by atoms with Crippen LogP contribution in [0, 0.1) is 0 Å². The molecule has 0 aromatic carbocycles. The first-order valence-electron chi connectivity index (χ1n) is 1.78. The van der Waals surface area contributed by atoms with E-state index < -0.39 is 0 Å². The minimum absolute atomic E-state index is 0.722. The molecule has 0 saturated carbocycles. The molecule has 0 radical (unpaired) electrons. The highest BCUT2D eigenvalue weighted by molar-refractivity contribution is 9.10. The van der Waals surface area contributed by atoms with Crippen molar-refractivity contribution in [2.75, 3.05) is 0 Å². The average molecular weight is 180 g/mol. The molecule has 0 spiro atoms. The molecule has 7 heavy (non-hydrogen) atoms. The van der Waals surface area contributed by atoms with Gasteiger partial charge in [-0.15, -0.1) is 0 Å². The highest BCUT2D eigenvalue weighted by Crippen LogP contribution is 2.19. The van der Waals surface area contributed by atoms with Crippen LogP contribution in [0.3, 0.4) is 0 Å². The third kappa shape index (κ3) is 0.983. The summed E-state index contributed by atoms with van der Waals surface area (Å²) in [4.78, 5) is 2.82. The Morgan fingerprint density at radius 3 is 2.43 bits per heavy atom. The zero-order chi connectivity index (χ0) is 5.28. The van der Waals surface area contributed by atoms with Crippen LogP contribution < -0.4 is 0 Å². The molecule has 0 fully saturated rings. The first kappa shape index (κ1) is 5.19. The maximum atomic E-state index is 5.55. The number of rotatable bonds is 0. The lowest BCUT2D eigenvalue weighted by atomic mass is 10.7. The Bertz CT molecular complexity index is 144. The summed E-state index contributed by atoms with van der Waals surface area (Å²) >= 11 is 8.75. The summed E-state index contributed by atoms with van der Waals surface area (Å²) in [7, 11) is 0. The predicted octanol–water partition coefficient (Wildman–Crippen LogP) is 2.43. The largest absolute Gasteiger partial charge is 0.365 e. The first-order chi connectivity index (χ1) is 3.30. The zero-order valence-electron chi connectivity index (χ0n) is 3.41. The summed E-state index contributed by atoms with van der Waals surface area (Å²) in [6.45, 7) is 0. The second-order valence-electron chi connectivity index (χ2n) is 1.15. The van der Waals surface area contributed by atoms with Crippen LogP contribution in [0.5, 0.6) is 0 Å². The van der Waals surface area contributed by atoms with Gasteiger partial charge in [-0.05, 0) is 15.9 Å². The van der Waals surface area contributed by atoms with Crippen molar-refractivity contribution < 1.29 is 0 Å². The lowest BCUT2D eigenvalue weighted by Crippen LogP contribution is -1.46. The Morgan fingerprint density at radius 2 is 2.29 bits per heavy atom. The number of aromatic nitrogens is 1. The van der Waals surface area contributed by atoms with Crippen LogP contribution in [-0.4, -0.2) is 4.98 Å². The fourth-order valence-electron chi connectivity index (χ4n) is 0.326. The van der Waals surface area contributed by atoms with Crippen LogP contribution in [0.25, 0.3) is 0 Å². The summed E-state index contributed by atoms with van der Waals surface area (Å²) in [5.41, 5.74) is 0. The molecule has 1 rings (SSSR count). The smallest absolute Gasteiger partial charge is 0.0722 e. The van der Waals surface area contributed by atoms with E-state index in [-0.39, 0.29) is 0 Å². The Balaban J connectivity index is 3.12. The molecular weight excluding hydrogens is 177 g/mol. The van der Waals surface area contributed by atoms with Gasteiger partial charge < -0.3 is 4.98 Å². The Labute approximate surface area is 54.8 Å². The maximum absolute atomic E-state index is 5.55. The number of hydrogen-bond donors (Lipinski definition) is 1. The molecule has 1 N–H and O–H groups in total. The van der Waals surface area contributed by atoms with Crippen molar-refractivity contribution in [3.05, 3.63) is 21.9 Å². The fourth-order valence-corrected chi connectivity index (χ4v) is 0.690. The molecule has 1 aromatic heterocycles. The summed E-state index contributed by atoms with van der Waals surface area (Å²) in [5, 5.41) is 0.722. The van der Waals surface area contributed by atoms with Crippen LogP contribution in [-0.2, 0) is 0 Å². The van der Waals surface area contributed by atoms with Crippen molar-refractivity contribution in [1.29, 1.82) is 0 Å². The van der Waals surface area contributed by atoms with Crippen molar-refractivity contribution in [3.8, 4) is 0 Å². The van der Waals surface area contributed by atoms with Crippen molar-refractivity contribution in [2.24, 2.45) is 0 Å².